The van der Waals surface area contributed by atoms with Gasteiger partial charge in [0.15, 0.2) is 0 Å². The van der Waals surface area contributed by atoms with Crippen LogP contribution in [0, 0.1) is 32.6 Å². The molecule has 2 rings (SSSR count). The summed E-state index contributed by atoms with van der Waals surface area (Å²) in [6.45, 7) is 13.5. The van der Waals surface area contributed by atoms with E-state index in [0.29, 0.717) is 0 Å². The Labute approximate surface area is 158 Å². The first-order chi connectivity index (χ1) is 12.0. The van der Waals surface area contributed by atoms with Crippen LogP contribution < -0.4 is 5.46 Å². The van der Waals surface area contributed by atoms with Gasteiger partial charge in [0.05, 0.1) is 11.2 Å². The van der Waals surface area contributed by atoms with Gasteiger partial charge in [-0.2, -0.15) is 0 Å². The summed E-state index contributed by atoms with van der Waals surface area (Å²) in [5, 5.41) is 10.1. The van der Waals surface area contributed by atoms with Gasteiger partial charge in [0, 0.05) is 11.1 Å². The van der Waals surface area contributed by atoms with Crippen LogP contribution in [0.4, 0.5) is 0 Å². The predicted molar refractivity (Wildman–Crippen MR) is 110 cm³/mol. The fourth-order valence-corrected chi connectivity index (χ4v) is 2.52. The second kappa shape index (κ2) is 7.70. The fourth-order valence-electron chi connectivity index (χ4n) is 2.52. The maximum Gasteiger partial charge on any atom is 0.330 e. The minimum Gasteiger partial charge on any atom is -0.427 e. The molecule has 0 unspecified atom stereocenters. The number of hydrogen-bond acceptors (Lipinski definition) is 2. The molecule has 3 heteroatoms. The van der Waals surface area contributed by atoms with Crippen molar-refractivity contribution in [3.8, 4) is 11.8 Å². The summed E-state index contributed by atoms with van der Waals surface area (Å²) >= 11 is 0. The van der Waals surface area contributed by atoms with Crippen LogP contribution in [0.2, 0.25) is 0 Å². The summed E-state index contributed by atoms with van der Waals surface area (Å²) < 4.78 is 5.78. The Morgan fingerprint density at radius 3 is 1.92 bits per heavy atom. The molecule has 1 N–H and O–H groups in total. The smallest absolute Gasteiger partial charge is 0.330 e. The molecule has 0 saturated heterocycles. The van der Waals surface area contributed by atoms with Crippen molar-refractivity contribution in [2.75, 3.05) is 0 Å². The number of aliphatic hydroxyl groups is 1. The Balaban J connectivity index is 2.10. The lowest BCUT2D eigenvalue weighted by atomic mass is 9.82. The standard InChI is InChI=1S/C23H28BO2/c1-16-14-17(2)21(18(3)15-16)13-10-19-8-11-20(12-9-19)24-26-23(6,7)22(4,5)25/h8-9,11-12,14-15,25H,1-7H3. The lowest BCUT2D eigenvalue weighted by molar-refractivity contribution is -0.0893. The molecule has 26 heavy (non-hydrogen) atoms. The molecular formula is C23H28BO2. The Morgan fingerprint density at radius 1 is 0.885 bits per heavy atom. The topological polar surface area (TPSA) is 29.5 Å². The number of benzene rings is 2. The van der Waals surface area contributed by atoms with Gasteiger partial charge in [0.1, 0.15) is 0 Å². The Morgan fingerprint density at radius 2 is 1.42 bits per heavy atom. The summed E-state index contributed by atoms with van der Waals surface area (Å²) in [7, 11) is 1.68. The third-order valence-corrected chi connectivity index (χ3v) is 4.88. The first-order valence-corrected chi connectivity index (χ1v) is 8.93. The predicted octanol–water partition coefficient (Wildman–Crippen LogP) is 3.82. The highest BCUT2D eigenvalue weighted by Crippen LogP contribution is 2.24. The number of rotatable bonds is 4. The summed E-state index contributed by atoms with van der Waals surface area (Å²) in [6, 6.07) is 12.2. The third kappa shape index (κ3) is 5.00. The largest absolute Gasteiger partial charge is 0.427 e. The molecule has 0 aromatic heterocycles. The van der Waals surface area contributed by atoms with E-state index in [4.69, 9.17) is 4.65 Å². The zero-order valence-corrected chi connectivity index (χ0v) is 16.9. The molecule has 2 aromatic rings. The van der Waals surface area contributed by atoms with Crippen molar-refractivity contribution in [3.05, 3.63) is 64.2 Å². The zero-order chi connectivity index (χ0) is 19.5. The van der Waals surface area contributed by atoms with Crippen molar-refractivity contribution >= 4 is 12.9 Å². The van der Waals surface area contributed by atoms with Crippen LogP contribution >= 0.6 is 0 Å². The molecule has 0 aliphatic carbocycles. The van der Waals surface area contributed by atoms with E-state index in [0.717, 1.165) is 16.6 Å². The average molecular weight is 347 g/mol. The van der Waals surface area contributed by atoms with Gasteiger partial charge in [-0.1, -0.05) is 47.1 Å². The van der Waals surface area contributed by atoms with Gasteiger partial charge in [-0.15, -0.1) is 0 Å². The molecule has 2 aromatic carbocycles. The zero-order valence-electron chi connectivity index (χ0n) is 16.9. The summed E-state index contributed by atoms with van der Waals surface area (Å²) in [4.78, 5) is 0. The molecule has 2 nitrogen and oxygen atoms in total. The average Bonchev–Trinajstić information content (AvgIpc) is 2.52. The van der Waals surface area contributed by atoms with Crippen LogP contribution in [0.1, 0.15) is 55.5 Å². The molecule has 0 aliphatic rings. The molecule has 135 valence electrons. The number of hydrogen-bond donors (Lipinski definition) is 1. The van der Waals surface area contributed by atoms with Gasteiger partial charge in [-0.3, -0.25) is 0 Å². The van der Waals surface area contributed by atoms with Crippen LogP contribution in [-0.4, -0.2) is 23.8 Å². The minimum absolute atomic E-state index is 0.675. The maximum absolute atomic E-state index is 10.1. The highest BCUT2D eigenvalue weighted by atomic mass is 16.5. The van der Waals surface area contributed by atoms with Gasteiger partial charge in [-0.05, 0) is 71.7 Å². The number of aryl methyl sites for hydroxylation is 3. The van der Waals surface area contributed by atoms with Crippen LogP contribution in [-0.2, 0) is 4.65 Å². The fraction of sp³-hybridized carbons (Fsp3) is 0.391. The molecule has 1 radical (unpaired) electrons. The Hall–Kier alpha value is -2.02. The van der Waals surface area contributed by atoms with E-state index in [9.17, 15) is 5.11 Å². The summed E-state index contributed by atoms with van der Waals surface area (Å²) in [5.41, 5.74) is 5.08. The molecular weight excluding hydrogens is 319 g/mol. The van der Waals surface area contributed by atoms with Gasteiger partial charge in [0.2, 0.25) is 0 Å². The highest BCUT2D eigenvalue weighted by molar-refractivity contribution is 6.47. The monoisotopic (exact) mass is 347 g/mol. The van der Waals surface area contributed by atoms with Gasteiger partial charge in [-0.25, -0.2) is 0 Å². The normalized spacial score (nSPS) is 11.7. The van der Waals surface area contributed by atoms with Crippen molar-refractivity contribution in [1.82, 2.24) is 0 Å². The lowest BCUT2D eigenvalue weighted by Crippen LogP contribution is -2.49. The van der Waals surface area contributed by atoms with Crippen LogP contribution in [0.5, 0.6) is 0 Å². The van der Waals surface area contributed by atoms with E-state index in [2.05, 4.69) is 44.7 Å². The molecule has 0 saturated carbocycles. The van der Waals surface area contributed by atoms with E-state index in [1.807, 2.05) is 38.1 Å². The van der Waals surface area contributed by atoms with Crippen molar-refractivity contribution in [3.63, 3.8) is 0 Å². The van der Waals surface area contributed by atoms with E-state index in [1.165, 1.54) is 16.7 Å². The van der Waals surface area contributed by atoms with Gasteiger partial charge in [0.25, 0.3) is 0 Å². The van der Waals surface area contributed by atoms with Crippen molar-refractivity contribution in [2.24, 2.45) is 0 Å². The molecule has 0 atom stereocenters. The minimum atomic E-state index is -0.932. The molecule has 0 heterocycles. The highest BCUT2D eigenvalue weighted by Gasteiger charge is 2.35. The lowest BCUT2D eigenvalue weighted by Gasteiger charge is -2.37. The van der Waals surface area contributed by atoms with Crippen LogP contribution in [0.25, 0.3) is 0 Å². The first kappa shape index (κ1) is 20.3. The van der Waals surface area contributed by atoms with E-state index >= 15 is 0 Å². The van der Waals surface area contributed by atoms with Gasteiger partial charge >= 0.3 is 7.48 Å². The molecule has 0 bridgehead atoms. The Kier molecular flexibility index (Phi) is 6.01. The second-order valence-electron chi connectivity index (χ2n) is 7.95. The Bertz CT molecular complexity index is 808. The SMILES string of the molecule is Cc1cc(C)c(C#Cc2ccc([B]OC(C)(C)C(C)(C)O)cc2)c(C)c1. The van der Waals surface area contributed by atoms with Crippen molar-refractivity contribution in [1.29, 1.82) is 0 Å². The van der Waals surface area contributed by atoms with Crippen LogP contribution in [0.3, 0.4) is 0 Å². The molecule has 0 fully saturated rings. The summed E-state index contributed by atoms with van der Waals surface area (Å²) in [6.07, 6.45) is 0. The van der Waals surface area contributed by atoms with Crippen molar-refractivity contribution in [2.45, 2.75) is 59.7 Å². The third-order valence-electron chi connectivity index (χ3n) is 4.88. The molecule has 0 spiro atoms. The quantitative estimate of drug-likeness (QED) is 0.673. The van der Waals surface area contributed by atoms with E-state index in [-0.39, 0.29) is 0 Å². The molecule has 0 amide bonds. The van der Waals surface area contributed by atoms with E-state index in [1.54, 1.807) is 21.3 Å². The molecule has 0 aliphatic heterocycles. The maximum atomic E-state index is 10.1. The van der Waals surface area contributed by atoms with Crippen LogP contribution in [0.15, 0.2) is 36.4 Å². The second-order valence-corrected chi connectivity index (χ2v) is 7.95. The van der Waals surface area contributed by atoms with Crippen molar-refractivity contribution < 1.29 is 9.76 Å². The summed E-state index contributed by atoms with van der Waals surface area (Å²) in [5.74, 6) is 6.54. The van der Waals surface area contributed by atoms with E-state index < -0.39 is 11.2 Å². The first-order valence-electron chi connectivity index (χ1n) is 8.93. The van der Waals surface area contributed by atoms with Gasteiger partial charge < -0.3 is 9.76 Å².